The van der Waals surface area contributed by atoms with Crippen molar-refractivity contribution in [3.63, 3.8) is 0 Å². The van der Waals surface area contributed by atoms with Gasteiger partial charge in [-0.3, -0.25) is 0 Å². The molecule has 0 heterocycles. The van der Waals surface area contributed by atoms with Crippen LogP contribution in [0.1, 0.15) is 98.8 Å². The molecule has 3 nitrogen and oxygen atoms in total. The summed E-state index contributed by atoms with van der Waals surface area (Å²) in [7, 11) is -1.34. The van der Waals surface area contributed by atoms with E-state index in [2.05, 4.69) is 58.2 Å². The average Bonchev–Trinajstić information content (AvgIpc) is 2.81. The van der Waals surface area contributed by atoms with Crippen molar-refractivity contribution < 1.29 is 14.0 Å². The summed E-state index contributed by atoms with van der Waals surface area (Å²) in [5, 5.41) is 0. The van der Waals surface area contributed by atoms with Crippen molar-refractivity contribution in [3.8, 4) is 5.75 Å². The minimum absolute atomic E-state index is 0.0699. The molecule has 0 saturated heterocycles. The Bertz CT molecular complexity index is 1130. The molecule has 4 heteroatoms. The van der Waals surface area contributed by atoms with Crippen LogP contribution >= 0.6 is 0 Å². The van der Waals surface area contributed by atoms with Gasteiger partial charge in [-0.1, -0.05) is 57.2 Å². The molecule has 37 heavy (non-hydrogen) atoms. The van der Waals surface area contributed by atoms with E-state index in [0.29, 0.717) is 12.2 Å². The van der Waals surface area contributed by atoms with E-state index in [1.165, 1.54) is 49.7 Å². The SMILES string of the molecule is CCOC(=O)c1ccc(/C=C/c2ccc(C(C)(C)C)c(C34CC5CC(CC(C5)C3)C4)c2O[SiH](C)C)cc1. The van der Waals surface area contributed by atoms with Crippen molar-refractivity contribution in [2.24, 2.45) is 17.8 Å². The van der Waals surface area contributed by atoms with Crippen molar-refractivity contribution in [2.75, 3.05) is 6.61 Å². The highest BCUT2D eigenvalue weighted by Crippen LogP contribution is 2.63. The van der Waals surface area contributed by atoms with Gasteiger partial charge in [0.2, 0.25) is 9.04 Å². The van der Waals surface area contributed by atoms with Gasteiger partial charge < -0.3 is 9.16 Å². The van der Waals surface area contributed by atoms with E-state index >= 15 is 0 Å². The van der Waals surface area contributed by atoms with Gasteiger partial charge in [-0.05, 0) is 105 Å². The van der Waals surface area contributed by atoms with Gasteiger partial charge in [0.1, 0.15) is 5.75 Å². The summed E-state index contributed by atoms with van der Waals surface area (Å²) in [4.78, 5) is 12.0. The van der Waals surface area contributed by atoms with Crippen LogP contribution in [0.5, 0.6) is 5.75 Å². The highest BCUT2D eigenvalue weighted by Gasteiger charge is 2.53. The van der Waals surface area contributed by atoms with E-state index < -0.39 is 9.04 Å². The van der Waals surface area contributed by atoms with Crippen LogP contribution in [0.2, 0.25) is 13.1 Å². The lowest BCUT2D eigenvalue weighted by Gasteiger charge is -2.58. The molecule has 0 aromatic heterocycles. The van der Waals surface area contributed by atoms with E-state index in [4.69, 9.17) is 9.16 Å². The molecule has 0 radical (unpaired) electrons. The quantitative estimate of drug-likeness (QED) is 0.211. The lowest BCUT2D eigenvalue weighted by molar-refractivity contribution is -0.00659. The molecule has 0 spiro atoms. The van der Waals surface area contributed by atoms with Crippen LogP contribution in [0.4, 0.5) is 0 Å². The number of esters is 1. The minimum Gasteiger partial charge on any atom is -0.546 e. The first-order valence-electron chi connectivity index (χ1n) is 14.4. The third-order valence-corrected chi connectivity index (χ3v) is 9.50. The summed E-state index contributed by atoms with van der Waals surface area (Å²) in [6.45, 7) is 13.9. The van der Waals surface area contributed by atoms with Crippen molar-refractivity contribution in [1.29, 1.82) is 0 Å². The Balaban J connectivity index is 1.57. The van der Waals surface area contributed by atoms with Gasteiger partial charge >= 0.3 is 5.97 Å². The maximum absolute atomic E-state index is 12.0. The van der Waals surface area contributed by atoms with Crippen LogP contribution in [0.15, 0.2) is 36.4 Å². The zero-order valence-corrected chi connectivity index (χ0v) is 24.8. The van der Waals surface area contributed by atoms with Gasteiger partial charge in [-0.2, -0.15) is 0 Å². The maximum Gasteiger partial charge on any atom is 0.338 e. The maximum atomic E-state index is 12.0. The van der Waals surface area contributed by atoms with Gasteiger partial charge in [0, 0.05) is 16.5 Å². The van der Waals surface area contributed by atoms with Crippen molar-refractivity contribution in [1.82, 2.24) is 0 Å². The topological polar surface area (TPSA) is 35.5 Å². The molecule has 0 aliphatic heterocycles. The molecule has 2 aromatic carbocycles. The normalized spacial score (nSPS) is 26.7. The van der Waals surface area contributed by atoms with Crippen LogP contribution in [0, 0.1) is 17.8 Å². The molecule has 0 atom stereocenters. The Morgan fingerprint density at radius 1 is 0.946 bits per heavy atom. The molecule has 0 N–H and O–H groups in total. The molecule has 0 amide bonds. The van der Waals surface area contributed by atoms with Crippen molar-refractivity contribution in [2.45, 2.75) is 90.1 Å². The smallest absolute Gasteiger partial charge is 0.338 e. The largest absolute Gasteiger partial charge is 0.546 e. The van der Waals surface area contributed by atoms with Gasteiger partial charge in [0.15, 0.2) is 0 Å². The number of carbonyl (C=O) groups is 1. The summed E-state index contributed by atoms with van der Waals surface area (Å²) in [6.07, 6.45) is 12.7. The van der Waals surface area contributed by atoms with Crippen LogP contribution in [0.3, 0.4) is 0 Å². The Labute approximate surface area is 225 Å². The first-order chi connectivity index (χ1) is 17.6. The second-order valence-electron chi connectivity index (χ2n) is 13.2. The van der Waals surface area contributed by atoms with Gasteiger partial charge in [0.25, 0.3) is 0 Å². The molecule has 2 aromatic rings. The molecule has 4 saturated carbocycles. The number of carbonyl (C=O) groups excluding carboxylic acids is 1. The van der Waals surface area contributed by atoms with Crippen LogP contribution < -0.4 is 4.43 Å². The first kappa shape index (κ1) is 26.3. The molecule has 0 unspecified atom stereocenters. The molecular formula is C33H44O3Si. The van der Waals surface area contributed by atoms with E-state index in [-0.39, 0.29) is 16.8 Å². The Morgan fingerprint density at radius 3 is 2.05 bits per heavy atom. The highest BCUT2D eigenvalue weighted by molar-refractivity contribution is 6.49. The number of hydrogen-bond donors (Lipinski definition) is 0. The van der Waals surface area contributed by atoms with Crippen molar-refractivity contribution >= 4 is 27.2 Å². The van der Waals surface area contributed by atoms with Crippen LogP contribution in [-0.4, -0.2) is 21.6 Å². The van der Waals surface area contributed by atoms with Gasteiger partial charge in [0.05, 0.1) is 12.2 Å². The van der Waals surface area contributed by atoms with E-state index in [1.807, 2.05) is 31.2 Å². The van der Waals surface area contributed by atoms with E-state index in [9.17, 15) is 4.79 Å². The fourth-order valence-electron chi connectivity index (χ4n) is 7.79. The summed E-state index contributed by atoms with van der Waals surface area (Å²) in [5.74, 6) is 3.56. The lowest BCUT2D eigenvalue weighted by Crippen LogP contribution is -2.49. The molecule has 4 aliphatic rings. The highest BCUT2D eigenvalue weighted by atomic mass is 28.3. The van der Waals surface area contributed by atoms with E-state index in [0.717, 1.165) is 29.1 Å². The van der Waals surface area contributed by atoms with Gasteiger partial charge in [-0.15, -0.1) is 0 Å². The van der Waals surface area contributed by atoms with Crippen LogP contribution in [0.25, 0.3) is 12.2 Å². The fourth-order valence-corrected chi connectivity index (χ4v) is 8.52. The molecule has 4 fully saturated rings. The molecule has 198 valence electrons. The number of hydrogen-bond acceptors (Lipinski definition) is 3. The standard InChI is InChI=1S/C33H44O3Si/c1-7-35-31(34)27-12-9-22(10-13-27)8-11-26-14-15-28(32(2,3)4)29(30(26)36-37(5)6)33-19-23-16-24(20-33)18-25(17-23)21-33/h8-15,23-25,37H,7,16-21H2,1-6H3/b11-8+. The Morgan fingerprint density at radius 2 is 1.54 bits per heavy atom. The second-order valence-corrected chi connectivity index (χ2v) is 15.5. The predicted octanol–water partition coefficient (Wildman–Crippen LogP) is 8.16. The Kier molecular flexibility index (Phi) is 7.17. The molecule has 4 aliphatic carbocycles. The summed E-state index contributed by atoms with van der Waals surface area (Å²) >= 11 is 0. The minimum atomic E-state index is -1.34. The zero-order valence-electron chi connectivity index (χ0n) is 23.6. The molecule has 6 rings (SSSR count). The van der Waals surface area contributed by atoms with Crippen molar-refractivity contribution in [3.05, 3.63) is 64.2 Å². The molecule has 4 bridgehead atoms. The third kappa shape index (κ3) is 5.32. The average molecular weight is 517 g/mol. The van der Waals surface area contributed by atoms with Crippen LogP contribution in [-0.2, 0) is 15.6 Å². The Hall–Kier alpha value is -2.33. The third-order valence-electron chi connectivity index (χ3n) is 8.80. The summed E-state index contributed by atoms with van der Waals surface area (Å²) < 4.78 is 12.0. The summed E-state index contributed by atoms with van der Waals surface area (Å²) in [5.41, 5.74) is 6.20. The first-order valence-corrected chi connectivity index (χ1v) is 17.2. The number of rotatable bonds is 7. The monoisotopic (exact) mass is 516 g/mol. The second kappa shape index (κ2) is 10.1. The summed E-state index contributed by atoms with van der Waals surface area (Å²) in [6, 6.07) is 12.3. The predicted molar refractivity (Wildman–Crippen MR) is 156 cm³/mol. The molecular weight excluding hydrogens is 472 g/mol. The number of benzene rings is 2. The zero-order chi connectivity index (χ0) is 26.4. The lowest BCUT2D eigenvalue weighted by atomic mass is 9.47. The number of ether oxygens (including phenoxy) is 1. The van der Waals surface area contributed by atoms with Gasteiger partial charge in [-0.25, -0.2) is 4.79 Å². The van der Waals surface area contributed by atoms with E-state index in [1.54, 1.807) is 5.56 Å². The fraction of sp³-hybridized carbons (Fsp3) is 0.545.